The zero-order valence-electron chi connectivity index (χ0n) is 7.37. The summed E-state index contributed by atoms with van der Waals surface area (Å²) in [6.07, 6.45) is 0. The number of anilines is 1. The Kier molecular flexibility index (Phi) is 2.50. The molecule has 1 aromatic rings. The van der Waals surface area contributed by atoms with Crippen molar-refractivity contribution in [2.24, 2.45) is 0 Å². The molecule has 0 bridgehead atoms. The van der Waals surface area contributed by atoms with Crippen molar-refractivity contribution in [1.82, 2.24) is 0 Å². The summed E-state index contributed by atoms with van der Waals surface area (Å²) in [5, 5.41) is 2.67. The summed E-state index contributed by atoms with van der Waals surface area (Å²) in [5.41, 5.74) is -0.114. The van der Waals surface area contributed by atoms with Crippen LogP contribution in [0, 0.1) is 5.82 Å². The summed E-state index contributed by atoms with van der Waals surface area (Å²) >= 11 is 0. The van der Waals surface area contributed by atoms with Gasteiger partial charge in [-0.1, -0.05) is 0 Å². The van der Waals surface area contributed by atoms with Crippen molar-refractivity contribution in [2.45, 2.75) is 12.8 Å². The molecule has 0 aliphatic rings. The van der Waals surface area contributed by atoms with Crippen molar-refractivity contribution in [2.75, 3.05) is 12.4 Å². The Balaban J connectivity index is 3.19. The van der Waals surface area contributed by atoms with Crippen LogP contribution in [0.3, 0.4) is 0 Å². The Morgan fingerprint density at radius 2 is 1.92 bits per heavy atom. The third-order valence-electron chi connectivity index (χ3n) is 1.73. The van der Waals surface area contributed by atoms with Gasteiger partial charge in [0.2, 0.25) is 0 Å². The van der Waals surface area contributed by atoms with Gasteiger partial charge in [-0.05, 0) is 18.2 Å². The van der Waals surface area contributed by atoms with Crippen molar-refractivity contribution >= 4 is 5.69 Å². The largest absolute Gasteiger partial charge is 0.388 e. The number of hydrogen-bond donors (Lipinski definition) is 1. The van der Waals surface area contributed by atoms with Gasteiger partial charge in [0.25, 0.3) is 5.92 Å². The minimum atomic E-state index is -3.14. The Bertz CT molecular complexity index is 304. The quantitative estimate of drug-likeness (QED) is 0.754. The third-order valence-corrected chi connectivity index (χ3v) is 1.73. The Morgan fingerprint density at radius 3 is 2.38 bits per heavy atom. The summed E-state index contributed by atoms with van der Waals surface area (Å²) in [5.74, 6) is -4.02. The van der Waals surface area contributed by atoms with Crippen LogP contribution in [0.1, 0.15) is 12.5 Å². The molecule has 0 aromatic heterocycles. The van der Waals surface area contributed by atoms with Gasteiger partial charge in [-0.2, -0.15) is 0 Å². The smallest absolute Gasteiger partial charge is 0.273 e. The Labute approximate surface area is 74.6 Å². The summed E-state index contributed by atoms with van der Waals surface area (Å²) in [4.78, 5) is 0. The average molecular weight is 189 g/mol. The molecule has 0 atom stereocenters. The SMILES string of the molecule is CNc1ccc(F)c(C(C)(F)F)c1. The van der Waals surface area contributed by atoms with Crippen LogP contribution in [0.2, 0.25) is 0 Å². The molecule has 0 heterocycles. The standard InChI is InChI=1S/C9H10F3N/c1-9(11,12)7-5-6(13-2)3-4-8(7)10/h3-5,13H,1-2H3. The minimum absolute atomic E-state index is 0.470. The highest BCUT2D eigenvalue weighted by atomic mass is 19.3. The predicted molar refractivity (Wildman–Crippen MR) is 45.5 cm³/mol. The van der Waals surface area contributed by atoms with Crippen molar-refractivity contribution in [3.8, 4) is 0 Å². The van der Waals surface area contributed by atoms with E-state index in [0.717, 1.165) is 12.1 Å². The van der Waals surface area contributed by atoms with Crippen LogP contribution >= 0.6 is 0 Å². The third kappa shape index (κ3) is 2.14. The lowest BCUT2D eigenvalue weighted by molar-refractivity contribution is 0.0138. The Morgan fingerprint density at radius 1 is 1.31 bits per heavy atom. The van der Waals surface area contributed by atoms with Crippen LogP contribution in [0.25, 0.3) is 0 Å². The molecule has 1 aromatic carbocycles. The van der Waals surface area contributed by atoms with Crippen LogP contribution in [-0.2, 0) is 5.92 Å². The van der Waals surface area contributed by atoms with Gasteiger partial charge in [0.1, 0.15) is 5.82 Å². The van der Waals surface area contributed by atoms with Crippen molar-refractivity contribution < 1.29 is 13.2 Å². The lowest BCUT2D eigenvalue weighted by atomic mass is 10.1. The topological polar surface area (TPSA) is 12.0 Å². The molecule has 1 nitrogen and oxygen atoms in total. The second-order valence-corrected chi connectivity index (χ2v) is 2.83. The summed E-state index contributed by atoms with van der Waals surface area (Å²) in [6, 6.07) is 3.54. The van der Waals surface area contributed by atoms with Crippen LogP contribution in [0.4, 0.5) is 18.9 Å². The molecule has 0 unspecified atom stereocenters. The molecule has 0 aliphatic heterocycles. The first-order chi connectivity index (χ1) is 5.95. The van der Waals surface area contributed by atoms with Gasteiger partial charge in [-0.25, -0.2) is 13.2 Å². The minimum Gasteiger partial charge on any atom is -0.388 e. The highest BCUT2D eigenvalue weighted by molar-refractivity contribution is 5.46. The van der Waals surface area contributed by atoms with E-state index in [2.05, 4.69) is 5.32 Å². The van der Waals surface area contributed by atoms with E-state index in [-0.39, 0.29) is 0 Å². The van der Waals surface area contributed by atoms with Gasteiger partial charge in [0.05, 0.1) is 5.56 Å². The fourth-order valence-electron chi connectivity index (χ4n) is 1.02. The molecule has 0 amide bonds. The first-order valence-electron chi connectivity index (χ1n) is 3.80. The molecule has 4 heteroatoms. The van der Waals surface area contributed by atoms with Crippen molar-refractivity contribution in [1.29, 1.82) is 0 Å². The molecule has 0 spiro atoms. The number of hydrogen-bond acceptors (Lipinski definition) is 1. The van der Waals surface area contributed by atoms with E-state index in [1.807, 2.05) is 0 Å². The zero-order chi connectivity index (χ0) is 10.1. The number of rotatable bonds is 2. The second kappa shape index (κ2) is 3.28. The van der Waals surface area contributed by atoms with Crippen LogP contribution in [0.5, 0.6) is 0 Å². The molecule has 1 N–H and O–H groups in total. The van der Waals surface area contributed by atoms with E-state index in [1.165, 1.54) is 6.07 Å². The first kappa shape index (κ1) is 9.89. The van der Waals surface area contributed by atoms with E-state index in [0.29, 0.717) is 12.6 Å². The molecule has 0 saturated heterocycles. The van der Waals surface area contributed by atoms with E-state index >= 15 is 0 Å². The number of alkyl halides is 2. The van der Waals surface area contributed by atoms with Gasteiger partial charge in [-0.15, -0.1) is 0 Å². The number of nitrogens with one attached hydrogen (secondary N) is 1. The van der Waals surface area contributed by atoms with Crippen LogP contribution < -0.4 is 5.32 Å². The van der Waals surface area contributed by atoms with Gasteiger partial charge < -0.3 is 5.32 Å². The van der Waals surface area contributed by atoms with E-state index in [4.69, 9.17) is 0 Å². The molecule has 1 rings (SSSR count). The molecule has 72 valence electrons. The maximum absolute atomic E-state index is 12.9. The molecule has 0 saturated carbocycles. The highest BCUT2D eigenvalue weighted by Crippen LogP contribution is 2.30. The fraction of sp³-hybridized carbons (Fsp3) is 0.333. The van der Waals surface area contributed by atoms with Crippen LogP contribution in [-0.4, -0.2) is 7.05 Å². The van der Waals surface area contributed by atoms with E-state index < -0.39 is 17.3 Å². The van der Waals surface area contributed by atoms with Gasteiger partial charge >= 0.3 is 0 Å². The predicted octanol–water partition coefficient (Wildman–Crippen LogP) is 2.98. The van der Waals surface area contributed by atoms with Gasteiger partial charge in [-0.3, -0.25) is 0 Å². The van der Waals surface area contributed by atoms with Gasteiger partial charge in [0.15, 0.2) is 0 Å². The monoisotopic (exact) mass is 189 g/mol. The molecular weight excluding hydrogens is 179 g/mol. The fourth-order valence-corrected chi connectivity index (χ4v) is 1.02. The molecule has 0 aliphatic carbocycles. The molecule has 0 radical (unpaired) electrons. The summed E-state index contributed by atoms with van der Waals surface area (Å²) in [6.45, 7) is 0.671. The second-order valence-electron chi connectivity index (χ2n) is 2.83. The summed E-state index contributed by atoms with van der Waals surface area (Å²) in [7, 11) is 1.59. The highest BCUT2D eigenvalue weighted by Gasteiger charge is 2.28. The molecular formula is C9H10F3N. The van der Waals surface area contributed by atoms with E-state index in [9.17, 15) is 13.2 Å². The van der Waals surface area contributed by atoms with Gasteiger partial charge in [0, 0.05) is 19.7 Å². The maximum atomic E-state index is 12.9. The maximum Gasteiger partial charge on any atom is 0.273 e. The van der Waals surface area contributed by atoms with E-state index in [1.54, 1.807) is 7.05 Å². The Hall–Kier alpha value is -1.19. The summed E-state index contributed by atoms with van der Waals surface area (Å²) < 4.78 is 38.4. The average Bonchev–Trinajstić information content (AvgIpc) is 2.03. The lowest BCUT2D eigenvalue weighted by Gasteiger charge is -2.12. The lowest BCUT2D eigenvalue weighted by Crippen LogP contribution is -2.10. The van der Waals surface area contributed by atoms with Crippen molar-refractivity contribution in [3.05, 3.63) is 29.6 Å². The first-order valence-corrected chi connectivity index (χ1v) is 3.80. The number of benzene rings is 1. The van der Waals surface area contributed by atoms with Crippen LogP contribution in [0.15, 0.2) is 18.2 Å². The zero-order valence-corrected chi connectivity index (χ0v) is 7.37. The molecule has 0 fully saturated rings. The number of halogens is 3. The molecule has 13 heavy (non-hydrogen) atoms. The van der Waals surface area contributed by atoms with Crippen molar-refractivity contribution in [3.63, 3.8) is 0 Å². The normalized spacial score (nSPS) is 11.5.